The minimum absolute atomic E-state index is 0.126. The lowest BCUT2D eigenvalue weighted by molar-refractivity contribution is -0.254. The maximum Gasteiger partial charge on any atom is 0.307 e. The van der Waals surface area contributed by atoms with Crippen LogP contribution in [-0.2, 0) is 14.3 Å². The van der Waals surface area contributed by atoms with E-state index in [9.17, 15) is 9.90 Å². The lowest BCUT2D eigenvalue weighted by Gasteiger charge is -2.71. The second-order valence-corrected chi connectivity index (χ2v) is 20.5. The van der Waals surface area contributed by atoms with E-state index < -0.39 is 28.3 Å². The van der Waals surface area contributed by atoms with E-state index in [-0.39, 0.29) is 46.1 Å². The van der Waals surface area contributed by atoms with Crippen molar-refractivity contribution in [2.45, 2.75) is 125 Å². The van der Waals surface area contributed by atoms with Crippen LogP contribution in [0.5, 0.6) is 0 Å². The van der Waals surface area contributed by atoms with Crippen LogP contribution in [0.3, 0.4) is 0 Å². The van der Waals surface area contributed by atoms with Crippen LogP contribution in [0.25, 0.3) is 11.4 Å². The first-order chi connectivity index (χ1) is 24.8. The molecule has 0 amide bonds. The van der Waals surface area contributed by atoms with Gasteiger partial charge in [-0.05, 0) is 109 Å². The molecule has 3 N–H and O–H groups in total. The molecule has 292 valence electrons. The lowest BCUT2D eigenvalue weighted by atomic mass is 9.34. The van der Waals surface area contributed by atoms with Crippen molar-refractivity contribution in [1.29, 1.82) is 0 Å². The zero-order chi connectivity index (χ0) is 38.5. The molecule has 1 saturated heterocycles. The Kier molecular flexibility index (Phi) is 9.69. The minimum atomic E-state index is -0.639. The van der Waals surface area contributed by atoms with Gasteiger partial charge in [0.15, 0.2) is 5.82 Å². The molecule has 5 aliphatic rings. The highest BCUT2D eigenvalue weighted by Gasteiger charge is 2.72. The van der Waals surface area contributed by atoms with E-state index in [2.05, 4.69) is 80.0 Å². The van der Waals surface area contributed by atoms with Crippen molar-refractivity contribution in [1.82, 2.24) is 14.8 Å². The average molecular weight is 749 g/mol. The maximum absolute atomic E-state index is 13.6. The van der Waals surface area contributed by atoms with Crippen LogP contribution in [0, 0.1) is 62.6 Å². The predicted octanol–water partition coefficient (Wildman–Crippen LogP) is 9.49. The quantitative estimate of drug-likeness (QED) is 0.246. The minimum Gasteiger partial charge on any atom is -0.481 e. The number of carboxylic acids is 1. The van der Waals surface area contributed by atoms with Crippen molar-refractivity contribution in [3.8, 4) is 11.4 Å². The number of fused-ring (bicyclic) bond motifs is 3. The second kappa shape index (κ2) is 13.2. The van der Waals surface area contributed by atoms with Crippen LogP contribution >= 0.6 is 11.6 Å². The molecule has 2 aromatic rings. The Morgan fingerprint density at radius 2 is 1.85 bits per heavy atom. The van der Waals surface area contributed by atoms with Crippen molar-refractivity contribution in [3.05, 3.63) is 47.3 Å². The molecule has 53 heavy (non-hydrogen) atoms. The molecule has 12 atom stereocenters. The number of allylic oxidation sites excluding steroid dienone is 1. The predicted molar refractivity (Wildman–Crippen MR) is 210 cm³/mol. The first kappa shape index (κ1) is 39.0. The van der Waals surface area contributed by atoms with Crippen LogP contribution in [0.15, 0.2) is 42.2 Å². The number of nitrogens with two attached hydrogens (primary N) is 1. The molecule has 2 bridgehead atoms. The van der Waals surface area contributed by atoms with Crippen molar-refractivity contribution >= 4 is 17.6 Å². The smallest absolute Gasteiger partial charge is 0.307 e. The van der Waals surface area contributed by atoms with Gasteiger partial charge < -0.3 is 20.3 Å². The summed E-state index contributed by atoms with van der Waals surface area (Å²) in [5.74, 6) is 1.15. The highest BCUT2D eigenvalue weighted by Crippen LogP contribution is 2.75. The number of carboxylic acid groups (broad SMARTS) is 1. The van der Waals surface area contributed by atoms with Gasteiger partial charge in [0.2, 0.25) is 0 Å². The Morgan fingerprint density at radius 1 is 1.11 bits per heavy atom. The second-order valence-electron chi connectivity index (χ2n) is 20.1. The molecule has 9 heteroatoms. The van der Waals surface area contributed by atoms with Crippen molar-refractivity contribution in [2.24, 2.45) is 68.3 Å². The number of rotatable bonds is 9. The van der Waals surface area contributed by atoms with Crippen molar-refractivity contribution in [2.75, 3.05) is 19.8 Å². The fourth-order valence-electron chi connectivity index (χ4n) is 12.9. The zero-order valence-corrected chi connectivity index (χ0v) is 34.7. The fourth-order valence-corrected chi connectivity index (χ4v) is 13.0. The Hall–Kier alpha value is -2.26. The molecular formula is C44H65ClN4O4. The van der Waals surface area contributed by atoms with Gasteiger partial charge in [0.05, 0.1) is 37.9 Å². The summed E-state index contributed by atoms with van der Waals surface area (Å²) in [7, 11) is 0. The third-order valence-electron chi connectivity index (χ3n) is 16.9. The number of hydrogen-bond donors (Lipinski definition) is 2. The molecule has 0 spiro atoms. The van der Waals surface area contributed by atoms with Crippen molar-refractivity contribution < 1.29 is 19.4 Å². The highest BCUT2D eigenvalue weighted by molar-refractivity contribution is 6.30. The number of hydrogen-bond acceptors (Lipinski definition) is 6. The van der Waals surface area contributed by atoms with Crippen LogP contribution in [0.4, 0.5) is 0 Å². The van der Waals surface area contributed by atoms with Gasteiger partial charge >= 0.3 is 5.97 Å². The Balaban J connectivity index is 1.40. The summed E-state index contributed by atoms with van der Waals surface area (Å²) in [6, 6.07) is 7.72. The van der Waals surface area contributed by atoms with Crippen LogP contribution < -0.4 is 5.73 Å². The van der Waals surface area contributed by atoms with Crippen LogP contribution in [0.1, 0.15) is 114 Å². The third-order valence-corrected chi connectivity index (χ3v) is 17.1. The first-order valence-electron chi connectivity index (χ1n) is 20.3. The van der Waals surface area contributed by atoms with Gasteiger partial charge in [-0.2, -0.15) is 5.10 Å². The van der Waals surface area contributed by atoms with Crippen molar-refractivity contribution in [3.63, 3.8) is 0 Å². The summed E-state index contributed by atoms with van der Waals surface area (Å²) >= 11 is 6.53. The van der Waals surface area contributed by atoms with E-state index in [1.807, 2.05) is 24.3 Å². The molecule has 7 rings (SSSR count). The number of carbonyl (C=O) groups is 1. The highest BCUT2D eigenvalue weighted by atomic mass is 35.5. The molecule has 0 radical (unpaired) electrons. The van der Waals surface area contributed by atoms with Crippen LogP contribution in [0.2, 0.25) is 5.02 Å². The van der Waals surface area contributed by atoms with E-state index in [4.69, 9.17) is 36.9 Å². The summed E-state index contributed by atoms with van der Waals surface area (Å²) < 4.78 is 16.3. The third kappa shape index (κ3) is 5.64. The molecule has 3 saturated carbocycles. The molecule has 1 aromatic carbocycles. The molecule has 4 fully saturated rings. The molecule has 1 aromatic heterocycles. The normalized spacial score (nSPS) is 41.2. The molecule has 2 heterocycles. The number of ether oxygens (including phenoxy) is 2. The summed E-state index contributed by atoms with van der Waals surface area (Å²) in [5.41, 5.74) is 7.35. The van der Waals surface area contributed by atoms with Gasteiger partial charge in [0, 0.05) is 21.5 Å². The fraction of sp³-hybridized carbons (Fsp3) is 0.750. The number of aliphatic carboxylic acids is 1. The van der Waals surface area contributed by atoms with E-state index in [0.717, 1.165) is 49.9 Å². The van der Waals surface area contributed by atoms with Gasteiger partial charge in [0.1, 0.15) is 6.33 Å². The van der Waals surface area contributed by atoms with Gasteiger partial charge in [-0.25, -0.2) is 9.67 Å². The van der Waals surface area contributed by atoms with Gasteiger partial charge in [-0.1, -0.05) is 97.7 Å². The SMILES string of the molecule is CC(C)[C@@H](C)[C@@]1(C)CC[C@]2(C)[C@H]3CC[C@@H]4[C@@]5(C)COC[C@@]4(C3=CC[C@@]2(C)[C@@H]1C(=O)O)[C@@H](OC[C@](C)(N)C(C)C)[C@H](n1ncnc1-c1cccc(Cl)c1)C5. The Bertz CT molecular complexity index is 1760. The number of nitrogens with zero attached hydrogens (tertiary/aromatic N) is 3. The van der Waals surface area contributed by atoms with E-state index in [0.29, 0.717) is 36.7 Å². The topological polar surface area (TPSA) is 112 Å². The van der Waals surface area contributed by atoms with Gasteiger partial charge in [-0.3, -0.25) is 4.79 Å². The number of aromatic nitrogens is 3. The van der Waals surface area contributed by atoms with E-state index in [1.54, 1.807) is 6.33 Å². The number of halogens is 1. The molecular weight excluding hydrogens is 684 g/mol. The molecule has 1 aliphatic heterocycles. The molecule has 0 unspecified atom stereocenters. The monoisotopic (exact) mass is 748 g/mol. The summed E-state index contributed by atoms with van der Waals surface area (Å²) in [5, 5.41) is 16.8. The average Bonchev–Trinajstić information content (AvgIpc) is 3.57. The van der Waals surface area contributed by atoms with Gasteiger partial charge in [0.25, 0.3) is 0 Å². The molecule has 8 nitrogen and oxygen atoms in total. The summed E-state index contributed by atoms with van der Waals surface area (Å²) in [6.45, 7) is 24.3. The Labute approximate surface area is 323 Å². The first-order valence-corrected chi connectivity index (χ1v) is 20.7. The van der Waals surface area contributed by atoms with E-state index >= 15 is 0 Å². The summed E-state index contributed by atoms with van der Waals surface area (Å²) in [6.07, 6.45) is 9.47. The van der Waals surface area contributed by atoms with E-state index in [1.165, 1.54) is 5.57 Å². The van der Waals surface area contributed by atoms with Crippen LogP contribution in [-0.4, -0.2) is 57.3 Å². The largest absolute Gasteiger partial charge is 0.481 e. The maximum atomic E-state index is 13.6. The Morgan fingerprint density at radius 3 is 2.51 bits per heavy atom. The van der Waals surface area contributed by atoms with Gasteiger partial charge in [-0.15, -0.1) is 0 Å². The number of benzene rings is 1. The summed E-state index contributed by atoms with van der Waals surface area (Å²) in [4.78, 5) is 18.5. The molecule has 4 aliphatic carbocycles. The standard InChI is InChI=1S/C44H65ClN4O4/c1-26(2)28(5)40(7)18-19-41(8)31-14-15-34-39(6)21-33(49-37(47-25-48-49)29-12-11-13-30(45)20-29)36(53-23-43(10,46)27(3)4)44(34,24-52-22-39)32(31)16-17-42(41,9)35(40)38(50)51/h11-13,16,20,25-28,31,33-36H,14-15,17-19,21-24,46H2,1-10H3,(H,50,51)/t28-,31+,33-,34-,35-,36+,39-,40-,41-,42+,43+,44+/m1/s1. The zero-order valence-electron chi connectivity index (χ0n) is 33.9. The lowest BCUT2D eigenvalue weighted by Crippen LogP contribution is -2.70.